The fourth-order valence-corrected chi connectivity index (χ4v) is 6.48. The lowest BCUT2D eigenvalue weighted by Gasteiger charge is -2.36. The fourth-order valence-electron chi connectivity index (χ4n) is 6.48. The summed E-state index contributed by atoms with van der Waals surface area (Å²) < 4.78 is 26.1. The Balaban J connectivity index is 1.56. The number of anilines is 2. The molecule has 2 aromatic rings. The molecule has 0 spiro atoms. The summed E-state index contributed by atoms with van der Waals surface area (Å²) in [4.78, 5) is 31.2. The van der Waals surface area contributed by atoms with Crippen LogP contribution in [0.25, 0.3) is 0 Å². The molecule has 0 aromatic heterocycles. The summed E-state index contributed by atoms with van der Waals surface area (Å²) in [7, 11) is 2.17. The summed E-state index contributed by atoms with van der Waals surface area (Å²) in [6.07, 6.45) is 8.95. The van der Waals surface area contributed by atoms with Gasteiger partial charge in [0.15, 0.2) is 0 Å². The van der Waals surface area contributed by atoms with Crippen LogP contribution in [0.15, 0.2) is 42.5 Å². The zero-order valence-corrected chi connectivity index (χ0v) is 28.0. The smallest absolute Gasteiger partial charge is 0.323 e. The molecule has 0 radical (unpaired) electrons. The van der Waals surface area contributed by atoms with E-state index in [1.54, 1.807) is 23.1 Å². The van der Waals surface area contributed by atoms with Gasteiger partial charge < -0.3 is 35.0 Å². The largest absolute Gasteiger partial charge is 0.490 e. The van der Waals surface area contributed by atoms with Crippen LogP contribution in [-0.2, 0) is 4.74 Å². The minimum absolute atomic E-state index is 0.000725. The fraction of sp³-hybridized carbons (Fsp3) is 0.611. The number of carbonyl (C=O) groups is 2. The highest BCUT2D eigenvalue weighted by molar-refractivity contribution is 6.02. The third kappa shape index (κ3) is 10.7. The standard InChI is InChI=1S/C36H53FN4O5/c1-25-21-41(26(2)24-42)35(43)32-20-31(39-36(44)38-30-15-13-29(37)14-16-30)17-18-33(32)46-27(3)10-8-9-19-45-34(25)23-40(4)22-28-11-6-5-7-12-28/h13-18,20,25-28,34,42H,5-12,19,21-24H2,1-4H3,(H2,38,39,44)/t25-,26+,27-,34+/m0/s1. The van der Waals surface area contributed by atoms with Crippen molar-refractivity contribution in [3.63, 3.8) is 0 Å². The van der Waals surface area contributed by atoms with Gasteiger partial charge in [0.25, 0.3) is 5.91 Å². The number of hydrogen-bond donors (Lipinski definition) is 3. The second-order valence-corrected chi connectivity index (χ2v) is 13.3. The second-order valence-electron chi connectivity index (χ2n) is 13.3. The predicted octanol–water partition coefficient (Wildman–Crippen LogP) is 6.78. The predicted molar refractivity (Wildman–Crippen MR) is 180 cm³/mol. The van der Waals surface area contributed by atoms with Crippen molar-refractivity contribution in [3.05, 3.63) is 53.8 Å². The van der Waals surface area contributed by atoms with E-state index in [1.165, 1.54) is 56.4 Å². The Bertz CT molecular complexity index is 1260. The van der Waals surface area contributed by atoms with Crippen molar-refractivity contribution in [2.75, 3.05) is 50.5 Å². The van der Waals surface area contributed by atoms with Crippen LogP contribution in [0.4, 0.5) is 20.6 Å². The summed E-state index contributed by atoms with van der Waals surface area (Å²) in [6.45, 7) is 8.61. The van der Waals surface area contributed by atoms with Crippen molar-refractivity contribution in [1.82, 2.24) is 9.80 Å². The lowest BCUT2D eigenvalue weighted by molar-refractivity contribution is -0.0190. The van der Waals surface area contributed by atoms with Gasteiger partial charge in [0.1, 0.15) is 11.6 Å². The van der Waals surface area contributed by atoms with Gasteiger partial charge in [-0.2, -0.15) is 0 Å². The van der Waals surface area contributed by atoms with Gasteiger partial charge in [-0.05, 0) is 101 Å². The van der Waals surface area contributed by atoms with Gasteiger partial charge in [0.2, 0.25) is 0 Å². The highest BCUT2D eigenvalue weighted by Gasteiger charge is 2.31. The van der Waals surface area contributed by atoms with Crippen LogP contribution >= 0.6 is 0 Å². The van der Waals surface area contributed by atoms with Crippen LogP contribution in [0.3, 0.4) is 0 Å². The Hall–Kier alpha value is -3.21. The number of benzene rings is 2. The highest BCUT2D eigenvalue weighted by Crippen LogP contribution is 2.29. The van der Waals surface area contributed by atoms with E-state index < -0.39 is 17.9 Å². The molecule has 4 rings (SSSR count). The number of aliphatic hydroxyl groups excluding tert-OH is 1. The second kappa shape index (κ2) is 17.6. The van der Waals surface area contributed by atoms with Gasteiger partial charge in [-0.15, -0.1) is 0 Å². The number of nitrogens with one attached hydrogen (secondary N) is 2. The minimum Gasteiger partial charge on any atom is -0.490 e. The number of likely N-dealkylation sites (N-methyl/N-ethyl adjacent to an activating group) is 1. The first-order valence-electron chi connectivity index (χ1n) is 17.0. The molecule has 254 valence electrons. The molecule has 46 heavy (non-hydrogen) atoms. The highest BCUT2D eigenvalue weighted by atomic mass is 19.1. The summed E-state index contributed by atoms with van der Waals surface area (Å²) >= 11 is 0. The number of aliphatic hydroxyl groups is 1. The molecule has 1 heterocycles. The average molecular weight is 641 g/mol. The zero-order chi connectivity index (χ0) is 33.1. The van der Waals surface area contributed by atoms with Gasteiger partial charge in [0.05, 0.1) is 30.4 Å². The number of nitrogens with zero attached hydrogens (tertiary/aromatic N) is 2. The number of urea groups is 1. The summed E-state index contributed by atoms with van der Waals surface area (Å²) in [6, 6.07) is 9.51. The summed E-state index contributed by atoms with van der Waals surface area (Å²) in [5.41, 5.74) is 1.14. The van der Waals surface area contributed by atoms with Crippen molar-refractivity contribution in [1.29, 1.82) is 0 Å². The first-order valence-corrected chi connectivity index (χ1v) is 17.0. The lowest BCUT2D eigenvalue weighted by Crippen LogP contribution is -2.47. The summed E-state index contributed by atoms with van der Waals surface area (Å²) in [5, 5.41) is 15.7. The Kier molecular flexibility index (Phi) is 13.7. The van der Waals surface area contributed by atoms with Crippen LogP contribution in [-0.4, -0.2) is 85.0 Å². The van der Waals surface area contributed by atoms with Crippen LogP contribution in [0, 0.1) is 17.7 Å². The van der Waals surface area contributed by atoms with Gasteiger partial charge in [-0.25, -0.2) is 9.18 Å². The molecule has 10 heteroatoms. The quantitative estimate of drug-likeness (QED) is 0.294. The van der Waals surface area contributed by atoms with E-state index in [0.717, 1.165) is 38.3 Å². The molecule has 9 nitrogen and oxygen atoms in total. The average Bonchev–Trinajstić information content (AvgIpc) is 3.04. The van der Waals surface area contributed by atoms with Gasteiger partial charge in [-0.1, -0.05) is 26.2 Å². The molecule has 0 bridgehead atoms. The topological polar surface area (TPSA) is 103 Å². The third-order valence-corrected chi connectivity index (χ3v) is 9.20. The third-order valence-electron chi connectivity index (χ3n) is 9.20. The maximum absolute atomic E-state index is 14.3. The maximum Gasteiger partial charge on any atom is 0.323 e. The Morgan fingerprint density at radius 3 is 2.39 bits per heavy atom. The van der Waals surface area contributed by atoms with Crippen molar-refractivity contribution < 1.29 is 28.6 Å². The van der Waals surface area contributed by atoms with E-state index in [9.17, 15) is 19.1 Å². The number of carbonyl (C=O) groups excluding carboxylic acids is 2. The van der Waals surface area contributed by atoms with Crippen LogP contribution in [0.2, 0.25) is 0 Å². The van der Waals surface area contributed by atoms with E-state index in [1.807, 2.05) is 13.8 Å². The Morgan fingerprint density at radius 2 is 1.67 bits per heavy atom. The van der Waals surface area contributed by atoms with Crippen LogP contribution in [0.5, 0.6) is 5.75 Å². The number of ether oxygens (including phenoxy) is 2. The monoisotopic (exact) mass is 640 g/mol. The number of amides is 3. The van der Waals surface area contributed by atoms with Crippen molar-refractivity contribution in [2.24, 2.45) is 11.8 Å². The van der Waals surface area contributed by atoms with Crippen molar-refractivity contribution in [2.45, 2.75) is 90.4 Å². The van der Waals surface area contributed by atoms with Crippen molar-refractivity contribution >= 4 is 23.3 Å². The summed E-state index contributed by atoms with van der Waals surface area (Å²) in [5.74, 6) is 0.469. The number of fused-ring (bicyclic) bond motifs is 1. The zero-order valence-electron chi connectivity index (χ0n) is 28.0. The van der Waals surface area contributed by atoms with E-state index >= 15 is 0 Å². The molecule has 1 saturated carbocycles. The number of rotatable bonds is 8. The normalized spacial score (nSPS) is 22.8. The molecule has 3 amide bonds. The van der Waals surface area contributed by atoms with E-state index in [-0.39, 0.29) is 30.6 Å². The van der Waals surface area contributed by atoms with Gasteiger partial charge in [-0.3, -0.25) is 4.79 Å². The minimum atomic E-state index is -0.527. The van der Waals surface area contributed by atoms with E-state index in [2.05, 4.69) is 29.5 Å². The molecule has 2 aromatic carbocycles. The van der Waals surface area contributed by atoms with Crippen LogP contribution in [0.1, 0.15) is 82.5 Å². The Labute approximate surface area is 273 Å². The first-order chi connectivity index (χ1) is 22.1. The SMILES string of the molecule is C[C@H](CO)N1C[C@H](C)[C@@H](CN(C)CC2CCCCC2)OCCCC[C@H](C)Oc2ccc(NC(=O)Nc3ccc(F)cc3)cc2C1=O. The Morgan fingerprint density at radius 1 is 1.00 bits per heavy atom. The molecular weight excluding hydrogens is 587 g/mol. The molecule has 2 aliphatic rings. The molecule has 4 atom stereocenters. The molecule has 1 fully saturated rings. The number of halogens is 1. The molecule has 1 aliphatic carbocycles. The maximum atomic E-state index is 14.3. The van der Waals surface area contributed by atoms with Crippen molar-refractivity contribution in [3.8, 4) is 5.75 Å². The first kappa shape index (κ1) is 35.6. The van der Waals surface area contributed by atoms with E-state index in [4.69, 9.17) is 9.47 Å². The van der Waals surface area contributed by atoms with Crippen LogP contribution < -0.4 is 15.4 Å². The number of hydrogen-bond acceptors (Lipinski definition) is 6. The molecule has 3 N–H and O–H groups in total. The molecule has 1 aliphatic heterocycles. The van der Waals surface area contributed by atoms with Gasteiger partial charge in [0, 0.05) is 43.5 Å². The molecule has 0 unspecified atom stereocenters. The van der Waals surface area contributed by atoms with Gasteiger partial charge >= 0.3 is 6.03 Å². The lowest BCUT2D eigenvalue weighted by atomic mass is 9.89. The molecule has 0 saturated heterocycles. The van der Waals surface area contributed by atoms with E-state index in [0.29, 0.717) is 35.8 Å². The molecular formula is C36H53FN4O5.